The van der Waals surface area contributed by atoms with Gasteiger partial charge in [-0.1, -0.05) is 28.1 Å². The molecule has 1 fully saturated rings. The lowest BCUT2D eigenvalue weighted by Gasteiger charge is -2.26. The van der Waals surface area contributed by atoms with E-state index in [1.165, 1.54) is 25.1 Å². The largest absolute Gasteiger partial charge is 0.546 e. The van der Waals surface area contributed by atoms with Crippen molar-refractivity contribution in [2.45, 2.75) is 13.0 Å². The number of hydrogen-bond acceptors (Lipinski definition) is 6. The maximum absolute atomic E-state index is 12.8. The molecule has 0 spiro atoms. The lowest BCUT2D eigenvalue weighted by molar-refractivity contribution is -0.312. The molecule has 0 radical (unpaired) electrons. The Balaban J connectivity index is 1.86. The molecule has 9 heteroatoms. The van der Waals surface area contributed by atoms with Crippen LogP contribution in [-0.4, -0.2) is 29.9 Å². The van der Waals surface area contributed by atoms with Gasteiger partial charge in [0.1, 0.15) is 17.4 Å². The van der Waals surface area contributed by atoms with Gasteiger partial charge in [0, 0.05) is 4.47 Å². The minimum absolute atomic E-state index is 0.218. The van der Waals surface area contributed by atoms with E-state index in [0.717, 1.165) is 9.37 Å². The number of carbonyl (C=O) groups is 4. The predicted octanol–water partition coefficient (Wildman–Crippen LogP) is 1.63. The van der Waals surface area contributed by atoms with Crippen molar-refractivity contribution in [3.8, 4) is 5.75 Å². The summed E-state index contributed by atoms with van der Waals surface area (Å²) in [5.41, 5.74) is 0.584. The molecule has 1 aliphatic rings. The third-order valence-electron chi connectivity index (χ3n) is 4.02. The molecule has 1 heterocycles. The second-order valence-electron chi connectivity index (χ2n) is 6.08. The molecule has 0 aromatic heterocycles. The Hall–Kier alpha value is -3.46. The van der Waals surface area contributed by atoms with Gasteiger partial charge >= 0.3 is 6.03 Å². The smallest absolute Gasteiger partial charge is 0.335 e. The quantitative estimate of drug-likeness (QED) is 0.538. The van der Waals surface area contributed by atoms with Crippen LogP contribution in [0.1, 0.15) is 12.5 Å². The van der Waals surface area contributed by atoms with Crippen molar-refractivity contribution in [1.82, 2.24) is 5.32 Å². The Morgan fingerprint density at radius 2 is 1.72 bits per heavy atom. The van der Waals surface area contributed by atoms with Crippen LogP contribution in [0.5, 0.6) is 5.75 Å². The summed E-state index contributed by atoms with van der Waals surface area (Å²) in [4.78, 5) is 48.8. The highest BCUT2D eigenvalue weighted by Crippen LogP contribution is 2.24. The highest BCUT2D eigenvalue weighted by molar-refractivity contribution is 9.10. The Bertz CT molecular complexity index is 1010. The number of hydrogen-bond donors (Lipinski definition) is 1. The molecule has 0 bridgehead atoms. The van der Waals surface area contributed by atoms with E-state index in [0.29, 0.717) is 11.3 Å². The Morgan fingerprint density at radius 1 is 1.10 bits per heavy atom. The summed E-state index contributed by atoms with van der Waals surface area (Å²) in [6.45, 7) is 1.34. The number of aliphatic carboxylic acids is 1. The summed E-state index contributed by atoms with van der Waals surface area (Å²) < 4.78 is 5.95. The van der Waals surface area contributed by atoms with E-state index >= 15 is 0 Å². The molecular weight excluding hydrogens is 444 g/mol. The number of anilines is 1. The van der Waals surface area contributed by atoms with Crippen molar-refractivity contribution in [3.63, 3.8) is 0 Å². The van der Waals surface area contributed by atoms with Crippen LogP contribution in [0.25, 0.3) is 6.08 Å². The first kappa shape index (κ1) is 20.3. The van der Waals surface area contributed by atoms with Crippen LogP contribution in [0.4, 0.5) is 10.5 Å². The lowest BCUT2D eigenvalue weighted by atomic mass is 10.1. The second-order valence-corrected chi connectivity index (χ2v) is 7.00. The lowest BCUT2D eigenvalue weighted by Crippen LogP contribution is -2.54. The molecule has 8 nitrogen and oxygen atoms in total. The molecule has 0 unspecified atom stereocenters. The number of halogens is 1. The number of barbiturate groups is 1. The number of ether oxygens (including phenoxy) is 1. The van der Waals surface area contributed by atoms with Gasteiger partial charge in [-0.05, 0) is 55.0 Å². The van der Waals surface area contributed by atoms with Gasteiger partial charge in [-0.25, -0.2) is 9.69 Å². The normalized spacial score (nSPS) is 16.6. The van der Waals surface area contributed by atoms with E-state index in [-0.39, 0.29) is 11.3 Å². The van der Waals surface area contributed by atoms with E-state index < -0.39 is 29.9 Å². The number of carbonyl (C=O) groups excluding carboxylic acids is 4. The first-order valence-electron chi connectivity index (χ1n) is 8.41. The van der Waals surface area contributed by atoms with Crippen LogP contribution in [0.2, 0.25) is 0 Å². The fourth-order valence-corrected chi connectivity index (χ4v) is 2.81. The molecule has 4 amide bonds. The van der Waals surface area contributed by atoms with Crippen molar-refractivity contribution in [3.05, 3.63) is 64.1 Å². The van der Waals surface area contributed by atoms with Crippen LogP contribution < -0.4 is 20.1 Å². The van der Waals surface area contributed by atoms with Gasteiger partial charge in [0.15, 0.2) is 0 Å². The fraction of sp³-hybridized carbons (Fsp3) is 0.100. The molecular formula is C20H14BrN2O6-. The summed E-state index contributed by atoms with van der Waals surface area (Å²) in [7, 11) is 0. The molecule has 1 aliphatic heterocycles. The van der Waals surface area contributed by atoms with Gasteiger partial charge in [0.25, 0.3) is 11.8 Å². The standard InChI is InChI=1S/C20H15BrN2O6/c1-11(19(26)27)29-15-8-2-12(3-9-15)10-16-17(24)22-20(28)23(18(16)25)14-6-4-13(21)5-7-14/h2-11H,1H3,(H,26,27)(H,22,24,28)/p-1/b16-10+/t11-/m0/s1. The van der Waals surface area contributed by atoms with E-state index in [9.17, 15) is 24.3 Å². The second kappa shape index (κ2) is 8.27. The van der Waals surface area contributed by atoms with E-state index in [2.05, 4.69) is 21.2 Å². The molecule has 2 aromatic rings. The monoisotopic (exact) mass is 457 g/mol. The van der Waals surface area contributed by atoms with Gasteiger partial charge in [-0.2, -0.15) is 0 Å². The van der Waals surface area contributed by atoms with Crippen molar-refractivity contribution in [2.75, 3.05) is 4.90 Å². The first-order chi connectivity index (χ1) is 13.8. The van der Waals surface area contributed by atoms with Crippen LogP contribution >= 0.6 is 15.9 Å². The molecule has 1 saturated heterocycles. The first-order valence-corrected chi connectivity index (χ1v) is 9.20. The number of urea groups is 1. The number of imide groups is 2. The molecule has 0 saturated carbocycles. The SMILES string of the molecule is C[C@H](Oc1ccc(/C=C2\C(=O)NC(=O)N(c3ccc(Br)cc3)C2=O)cc1)C(=O)[O-]. The summed E-state index contributed by atoms with van der Waals surface area (Å²) in [6, 6.07) is 11.7. The summed E-state index contributed by atoms with van der Waals surface area (Å²) in [6.07, 6.45) is 0.206. The maximum atomic E-state index is 12.8. The van der Waals surface area contributed by atoms with Crippen molar-refractivity contribution >= 4 is 51.5 Å². The number of carboxylic acids is 1. The van der Waals surface area contributed by atoms with Gasteiger partial charge in [-0.15, -0.1) is 0 Å². The number of carboxylic acid groups (broad SMARTS) is 1. The minimum Gasteiger partial charge on any atom is -0.546 e. The highest BCUT2D eigenvalue weighted by Gasteiger charge is 2.36. The zero-order valence-electron chi connectivity index (χ0n) is 15.0. The highest BCUT2D eigenvalue weighted by atomic mass is 79.9. The minimum atomic E-state index is -1.35. The summed E-state index contributed by atoms with van der Waals surface area (Å²) in [5, 5.41) is 12.9. The number of amides is 4. The number of nitrogens with one attached hydrogen (secondary N) is 1. The molecule has 1 atom stereocenters. The number of rotatable bonds is 5. The average molecular weight is 458 g/mol. The topological polar surface area (TPSA) is 116 Å². The Morgan fingerprint density at radius 3 is 2.31 bits per heavy atom. The van der Waals surface area contributed by atoms with Gasteiger partial charge < -0.3 is 14.6 Å². The third-order valence-corrected chi connectivity index (χ3v) is 4.55. The zero-order valence-corrected chi connectivity index (χ0v) is 16.6. The van der Waals surface area contributed by atoms with Gasteiger partial charge in [0.2, 0.25) is 0 Å². The van der Waals surface area contributed by atoms with Gasteiger partial charge in [0.05, 0.1) is 11.7 Å². The molecule has 148 valence electrons. The molecule has 29 heavy (non-hydrogen) atoms. The van der Waals surface area contributed by atoms with Crippen molar-refractivity contribution < 1.29 is 29.0 Å². The summed E-state index contributed by atoms with van der Waals surface area (Å²) in [5.74, 6) is -2.63. The molecule has 2 aromatic carbocycles. The van der Waals surface area contributed by atoms with Crippen molar-refractivity contribution in [1.29, 1.82) is 0 Å². The van der Waals surface area contributed by atoms with Crippen LogP contribution in [-0.2, 0) is 14.4 Å². The number of nitrogens with zero attached hydrogens (tertiary/aromatic N) is 1. The third kappa shape index (κ3) is 4.52. The van der Waals surface area contributed by atoms with Crippen LogP contribution in [0.3, 0.4) is 0 Å². The zero-order chi connectivity index (χ0) is 21.1. The average Bonchev–Trinajstić information content (AvgIpc) is 2.67. The van der Waals surface area contributed by atoms with Crippen LogP contribution in [0, 0.1) is 0 Å². The maximum Gasteiger partial charge on any atom is 0.335 e. The van der Waals surface area contributed by atoms with Gasteiger partial charge in [-0.3, -0.25) is 14.9 Å². The predicted molar refractivity (Wildman–Crippen MR) is 105 cm³/mol. The van der Waals surface area contributed by atoms with Crippen molar-refractivity contribution in [2.24, 2.45) is 0 Å². The van der Waals surface area contributed by atoms with E-state index in [4.69, 9.17) is 4.74 Å². The Labute approximate surface area is 173 Å². The molecule has 3 rings (SSSR count). The number of benzene rings is 2. The fourth-order valence-electron chi connectivity index (χ4n) is 2.54. The van der Waals surface area contributed by atoms with E-state index in [1.54, 1.807) is 36.4 Å². The summed E-state index contributed by atoms with van der Waals surface area (Å²) >= 11 is 3.28. The molecule has 1 N–H and O–H groups in total. The van der Waals surface area contributed by atoms with Crippen LogP contribution in [0.15, 0.2) is 58.6 Å². The Kier molecular flexibility index (Phi) is 5.79. The van der Waals surface area contributed by atoms with E-state index in [1.807, 2.05) is 0 Å². The molecule has 0 aliphatic carbocycles.